The molecule has 0 aromatic heterocycles. The molecule has 100 valence electrons. The van der Waals surface area contributed by atoms with Crippen molar-refractivity contribution in [3.63, 3.8) is 0 Å². The van der Waals surface area contributed by atoms with Crippen LogP contribution in [0.2, 0.25) is 0 Å². The molecule has 0 spiro atoms. The fourth-order valence-corrected chi connectivity index (χ4v) is 2.34. The summed E-state index contributed by atoms with van der Waals surface area (Å²) in [5, 5.41) is 9.11. The second kappa shape index (κ2) is 6.24. The Morgan fingerprint density at radius 3 is 2.79 bits per heavy atom. The highest BCUT2D eigenvalue weighted by atomic mass is 16.5. The van der Waals surface area contributed by atoms with Gasteiger partial charge in [0.25, 0.3) is 5.91 Å². The van der Waals surface area contributed by atoms with Gasteiger partial charge in [0.15, 0.2) is 0 Å². The van der Waals surface area contributed by atoms with Gasteiger partial charge in [-0.3, -0.25) is 4.79 Å². The van der Waals surface area contributed by atoms with Gasteiger partial charge < -0.3 is 9.64 Å². The van der Waals surface area contributed by atoms with Gasteiger partial charge in [0.2, 0.25) is 0 Å². The Morgan fingerprint density at radius 1 is 1.42 bits per heavy atom. The second-order valence-electron chi connectivity index (χ2n) is 4.60. The number of hydrogen-bond donors (Lipinski definition) is 0. The topological polar surface area (TPSA) is 53.3 Å². The summed E-state index contributed by atoms with van der Waals surface area (Å²) in [6, 6.07) is 9.04. The predicted molar refractivity (Wildman–Crippen MR) is 71.9 cm³/mol. The number of carbonyl (C=O) groups excluding carboxylic acids is 1. The molecule has 1 aromatic carbocycles. The van der Waals surface area contributed by atoms with Gasteiger partial charge in [-0.05, 0) is 50.5 Å². The van der Waals surface area contributed by atoms with Crippen LogP contribution in [0.25, 0.3) is 0 Å². The fraction of sp³-hybridized carbons (Fsp3) is 0.467. The van der Waals surface area contributed by atoms with Gasteiger partial charge in [0.05, 0.1) is 12.7 Å². The first-order valence-corrected chi connectivity index (χ1v) is 6.69. The molecule has 0 N–H and O–H groups in total. The first kappa shape index (κ1) is 13.4. The van der Waals surface area contributed by atoms with Crippen molar-refractivity contribution in [2.45, 2.75) is 32.2 Å². The van der Waals surface area contributed by atoms with Gasteiger partial charge in [-0.25, -0.2) is 0 Å². The Kier molecular flexibility index (Phi) is 4.40. The molecular formula is C15H18N2O2. The normalized spacial score (nSPS) is 18.7. The van der Waals surface area contributed by atoms with Crippen molar-refractivity contribution in [1.29, 1.82) is 5.26 Å². The van der Waals surface area contributed by atoms with E-state index in [0.29, 0.717) is 18.7 Å². The van der Waals surface area contributed by atoms with Crippen LogP contribution in [-0.4, -0.2) is 30.0 Å². The number of benzene rings is 1. The average Bonchev–Trinajstić information content (AvgIpc) is 2.47. The van der Waals surface area contributed by atoms with E-state index in [1.165, 1.54) is 0 Å². The number of nitrogens with zero attached hydrogens (tertiary/aromatic N) is 2. The number of rotatable bonds is 3. The lowest BCUT2D eigenvalue weighted by atomic mass is 10.0. The van der Waals surface area contributed by atoms with Crippen LogP contribution in [0.5, 0.6) is 5.75 Å². The zero-order valence-corrected chi connectivity index (χ0v) is 11.1. The maximum Gasteiger partial charge on any atom is 0.254 e. The Labute approximate surface area is 113 Å². The summed E-state index contributed by atoms with van der Waals surface area (Å²) in [6.45, 7) is 3.20. The highest BCUT2D eigenvalue weighted by molar-refractivity contribution is 5.94. The van der Waals surface area contributed by atoms with Crippen LogP contribution < -0.4 is 4.74 Å². The maximum absolute atomic E-state index is 12.4. The molecule has 1 heterocycles. The molecule has 1 aromatic rings. The van der Waals surface area contributed by atoms with Crippen molar-refractivity contribution in [1.82, 2.24) is 4.90 Å². The molecule has 0 bridgehead atoms. The zero-order valence-electron chi connectivity index (χ0n) is 11.1. The monoisotopic (exact) mass is 258 g/mol. The molecule has 1 amide bonds. The first-order valence-electron chi connectivity index (χ1n) is 6.69. The molecule has 1 unspecified atom stereocenters. The van der Waals surface area contributed by atoms with Gasteiger partial charge in [-0.15, -0.1) is 0 Å². The van der Waals surface area contributed by atoms with Gasteiger partial charge in [0, 0.05) is 12.1 Å². The van der Waals surface area contributed by atoms with Crippen LogP contribution in [0.4, 0.5) is 0 Å². The molecule has 4 nitrogen and oxygen atoms in total. The van der Waals surface area contributed by atoms with Gasteiger partial charge in [-0.1, -0.05) is 0 Å². The molecule has 1 saturated heterocycles. The minimum absolute atomic E-state index is 0.0608. The number of likely N-dealkylation sites (tertiary alicyclic amines) is 1. The number of ether oxygens (including phenoxy) is 1. The average molecular weight is 258 g/mol. The van der Waals surface area contributed by atoms with Crippen molar-refractivity contribution < 1.29 is 9.53 Å². The van der Waals surface area contributed by atoms with Crippen molar-refractivity contribution in [2.75, 3.05) is 13.2 Å². The summed E-state index contributed by atoms with van der Waals surface area (Å²) < 4.78 is 5.35. The van der Waals surface area contributed by atoms with Crippen LogP contribution in [0, 0.1) is 11.3 Å². The summed E-state index contributed by atoms with van der Waals surface area (Å²) >= 11 is 0. The predicted octanol–water partition coefficient (Wildman–Crippen LogP) is 2.60. The van der Waals surface area contributed by atoms with E-state index in [0.717, 1.165) is 25.0 Å². The van der Waals surface area contributed by atoms with Crippen molar-refractivity contribution >= 4 is 5.91 Å². The van der Waals surface area contributed by atoms with Crippen molar-refractivity contribution in [3.8, 4) is 11.8 Å². The number of piperidine rings is 1. The summed E-state index contributed by atoms with van der Waals surface area (Å²) in [7, 11) is 0. The van der Waals surface area contributed by atoms with E-state index < -0.39 is 0 Å². The van der Waals surface area contributed by atoms with Crippen molar-refractivity contribution in [3.05, 3.63) is 29.8 Å². The highest BCUT2D eigenvalue weighted by Gasteiger charge is 2.27. The third-order valence-electron chi connectivity index (χ3n) is 3.32. The number of hydrogen-bond acceptors (Lipinski definition) is 3. The number of nitriles is 1. The van der Waals surface area contributed by atoms with Gasteiger partial charge in [-0.2, -0.15) is 5.26 Å². The van der Waals surface area contributed by atoms with Gasteiger partial charge in [0.1, 0.15) is 11.8 Å². The molecule has 4 heteroatoms. The lowest BCUT2D eigenvalue weighted by Crippen LogP contribution is -2.42. The number of amides is 1. The third kappa shape index (κ3) is 3.05. The minimum atomic E-state index is -0.284. The molecule has 1 atom stereocenters. The molecule has 19 heavy (non-hydrogen) atoms. The van der Waals surface area contributed by atoms with Gasteiger partial charge >= 0.3 is 0 Å². The molecule has 1 fully saturated rings. The zero-order chi connectivity index (χ0) is 13.7. The standard InChI is InChI=1S/C15H18N2O2/c1-2-19-14-8-6-12(7-9-14)15(18)17-10-4-3-5-13(17)11-16/h6-9,13H,2-5,10H2,1H3. The molecule has 1 aliphatic heterocycles. The molecule has 0 saturated carbocycles. The minimum Gasteiger partial charge on any atom is -0.494 e. The molecule has 0 radical (unpaired) electrons. The second-order valence-corrected chi connectivity index (χ2v) is 4.60. The smallest absolute Gasteiger partial charge is 0.254 e. The van der Waals surface area contributed by atoms with Crippen LogP contribution >= 0.6 is 0 Å². The van der Waals surface area contributed by atoms with E-state index in [1.807, 2.05) is 6.92 Å². The van der Waals surface area contributed by atoms with E-state index in [4.69, 9.17) is 10.00 Å². The van der Waals surface area contributed by atoms with Crippen LogP contribution in [0.3, 0.4) is 0 Å². The molecular weight excluding hydrogens is 240 g/mol. The fourth-order valence-electron chi connectivity index (χ4n) is 2.34. The van der Waals surface area contributed by atoms with Crippen LogP contribution in [-0.2, 0) is 0 Å². The summed E-state index contributed by atoms with van der Waals surface area (Å²) in [5.74, 6) is 0.698. The number of carbonyl (C=O) groups is 1. The van der Waals surface area contributed by atoms with E-state index in [9.17, 15) is 4.79 Å². The van der Waals surface area contributed by atoms with Crippen LogP contribution in [0.1, 0.15) is 36.5 Å². The van der Waals surface area contributed by atoms with E-state index >= 15 is 0 Å². The Bertz CT molecular complexity index is 476. The van der Waals surface area contributed by atoms with E-state index in [-0.39, 0.29) is 11.9 Å². The van der Waals surface area contributed by atoms with E-state index in [1.54, 1.807) is 29.2 Å². The highest BCUT2D eigenvalue weighted by Crippen LogP contribution is 2.20. The Hall–Kier alpha value is -2.02. The molecule has 0 aliphatic carbocycles. The third-order valence-corrected chi connectivity index (χ3v) is 3.32. The summed E-state index contributed by atoms with van der Waals surface area (Å²) in [6.07, 6.45) is 2.77. The SMILES string of the molecule is CCOc1ccc(C(=O)N2CCCCC2C#N)cc1. The van der Waals surface area contributed by atoms with Crippen LogP contribution in [0.15, 0.2) is 24.3 Å². The largest absolute Gasteiger partial charge is 0.494 e. The first-order chi connectivity index (χ1) is 9.26. The Balaban J connectivity index is 2.12. The quantitative estimate of drug-likeness (QED) is 0.837. The van der Waals surface area contributed by atoms with Crippen molar-refractivity contribution in [2.24, 2.45) is 0 Å². The lowest BCUT2D eigenvalue weighted by Gasteiger charge is -2.31. The molecule has 2 rings (SSSR count). The lowest BCUT2D eigenvalue weighted by molar-refractivity contribution is 0.0670. The summed E-state index contributed by atoms with van der Waals surface area (Å²) in [5.41, 5.74) is 0.616. The van der Waals surface area contributed by atoms with E-state index in [2.05, 4.69) is 6.07 Å². The Morgan fingerprint density at radius 2 is 2.16 bits per heavy atom. The summed E-state index contributed by atoms with van der Waals surface area (Å²) in [4.78, 5) is 14.1. The maximum atomic E-state index is 12.4. The molecule has 1 aliphatic rings.